The highest BCUT2D eigenvalue weighted by molar-refractivity contribution is 5.81. The zero-order valence-corrected chi connectivity index (χ0v) is 15.2. The first-order valence-electron chi connectivity index (χ1n) is 9.05. The van der Waals surface area contributed by atoms with Crippen molar-refractivity contribution in [1.29, 1.82) is 0 Å². The minimum atomic E-state index is -0.121. The van der Waals surface area contributed by atoms with Crippen molar-refractivity contribution >= 4 is 22.4 Å². The molecule has 0 bridgehead atoms. The van der Waals surface area contributed by atoms with E-state index in [1.165, 1.54) is 10.9 Å². The lowest BCUT2D eigenvalue weighted by Crippen LogP contribution is -2.46. The molecule has 0 unspecified atom stereocenters. The fraction of sp³-hybridized carbons (Fsp3) is 0.368. The zero-order chi connectivity index (χ0) is 18.8. The fourth-order valence-corrected chi connectivity index (χ4v) is 3.42. The van der Waals surface area contributed by atoms with E-state index in [0.29, 0.717) is 10.9 Å². The highest BCUT2D eigenvalue weighted by atomic mass is 16.3. The third kappa shape index (κ3) is 3.48. The number of piperazine rings is 1. The molecule has 0 amide bonds. The van der Waals surface area contributed by atoms with Gasteiger partial charge in [-0.25, -0.2) is 15.0 Å². The molecule has 0 atom stereocenters. The maximum absolute atomic E-state index is 12.4. The molecule has 8 heteroatoms. The monoisotopic (exact) mass is 366 g/mol. The average Bonchev–Trinajstić information content (AvgIpc) is 2.70. The van der Waals surface area contributed by atoms with Gasteiger partial charge in [-0.15, -0.1) is 0 Å². The summed E-state index contributed by atoms with van der Waals surface area (Å²) in [4.78, 5) is 30.0. The van der Waals surface area contributed by atoms with E-state index in [-0.39, 0.29) is 18.7 Å². The molecule has 27 heavy (non-hydrogen) atoms. The molecular weight excluding hydrogens is 344 g/mol. The molecule has 1 aliphatic rings. The summed E-state index contributed by atoms with van der Waals surface area (Å²) in [6.45, 7) is 5.57. The zero-order valence-electron chi connectivity index (χ0n) is 15.2. The number of hydrogen-bond donors (Lipinski definition) is 1. The molecule has 0 radical (unpaired) electrons. The Labute approximate surface area is 156 Å². The number of aryl methyl sites for hydroxylation is 1. The highest BCUT2D eigenvalue weighted by Crippen LogP contribution is 2.22. The van der Waals surface area contributed by atoms with Crippen LogP contribution in [0.15, 0.2) is 41.6 Å². The maximum Gasteiger partial charge on any atom is 0.261 e. The quantitative estimate of drug-likeness (QED) is 0.731. The lowest BCUT2D eigenvalue weighted by atomic mass is 10.2. The van der Waals surface area contributed by atoms with E-state index >= 15 is 0 Å². The number of hydrogen-bond acceptors (Lipinski definition) is 7. The number of benzene rings is 1. The summed E-state index contributed by atoms with van der Waals surface area (Å²) >= 11 is 0. The molecule has 1 fully saturated rings. The second-order valence-electron chi connectivity index (χ2n) is 6.60. The van der Waals surface area contributed by atoms with Crippen molar-refractivity contribution in [2.75, 3.05) is 42.6 Å². The fourth-order valence-electron chi connectivity index (χ4n) is 3.42. The summed E-state index contributed by atoms with van der Waals surface area (Å²) < 4.78 is 1.44. The lowest BCUT2D eigenvalue weighted by molar-refractivity contribution is 0.274. The molecular formula is C19H22N6O2. The first-order valence-corrected chi connectivity index (χ1v) is 9.05. The molecule has 3 heterocycles. The Morgan fingerprint density at radius 1 is 1.07 bits per heavy atom. The van der Waals surface area contributed by atoms with Gasteiger partial charge < -0.3 is 14.9 Å². The summed E-state index contributed by atoms with van der Waals surface area (Å²) in [7, 11) is 0. The van der Waals surface area contributed by atoms with Crippen molar-refractivity contribution < 1.29 is 5.11 Å². The van der Waals surface area contributed by atoms with Crippen LogP contribution in [0.4, 0.5) is 11.5 Å². The Kier molecular flexibility index (Phi) is 4.72. The van der Waals surface area contributed by atoms with Gasteiger partial charge in [-0.3, -0.25) is 9.36 Å². The minimum Gasteiger partial charge on any atom is -0.395 e. The van der Waals surface area contributed by atoms with Gasteiger partial charge in [-0.2, -0.15) is 0 Å². The van der Waals surface area contributed by atoms with Crippen LogP contribution in [0.2, 0.25) is 0 Å². The molecule has 4 rings (SSSR count). The smallest absolute Gasteiger partial charge is 0.261 e. The Hall–Kier alpha value is -3.00. The summed E-state index contributed by atoms with van der Waals surface area (Å²) in [5.74, 6) is 1.74. The van der Waals surface area contributed by atoms with Crippen LogP contribution in [0.5, 0.6) is 0 Å². The molecule has 1 aromatic carbocycles. The second kappa shape index (κ2) is 7.32. The van der Waals surface area contributed by atoms with E-state index < -0.39 is 0 Å². The van der Waals surface area contributed by atoms with Crippen LogP contribution in [0.3, 0.4) is 0 Å². The number of aliphatic hydroxyl groups excluding tert-OH is 1. The molecule has 1 aliphatic heterocycles. The van der Waals surface area contributed by atoms with E-state index in [9.17, 15) is 4.79 Å². The van der Waals surface area contributed by atoms with Crippen molar-refractivity contribution in [2.45, 2.75) is 13.5 Å². The lowest BCUT2D eigenvalue weighted by Gasteiger charge is -2.36. The number of aliphatic hydroxyl groups is 1. The summed E-state index contributed by atoms with van der Waals surface area (Å²) in [6, 6.07) is 7.71. The maximum atomic E-state index is 12.4. The Bertz CT molecular complexity index is 1010. The number of aromatic nitrogens is 4. The van der Waals surface area contributed by atoms with Crippen LogP contribution < -0.4 is 15.4 Å². The van der Waals surface area contributed by atoms with Crippen LogP contribution in [-0.4, -0.2) is 57.4 Å². The van der Waals surface area contributed by atoms with Gasteiger partial charge in [0.25, 0.3) is 5.56 Å². The largest absolute Gasteiger partial charge is 0.395 e. The average molecular weight is 366 g/mol. The second-order valence-corrected chi connectivity index (χ2v) is 6.60. The number of fused-ring (bicyclic) bond motifs is 1. The Morgan fingerprint density at radius 2 is 1.85 bits per heavy atom. The van der Waals surface area contributed by atoms with E-state index in [2.05, 4.69) is 24.8 Å². The van der Waals surface area contributed by atoms with Crippen LogP contribution in [0.1, 0.15) is 5.82 Å². The van der Waals surface area contributed by atoms with Gasteiger partial charge >= 0.3 is 0 Å². The number of anilines is 2. The van der Waals surface area contributed by atoms with Gasteiger partial charge in [-0.05, 0) is 31.2 Å². The predicted molar refractivity (Wildman–Crippen MR) is 104 cm³/mol. The van der Waals surface area contributed by atoms with Crippen LogP contribution in [0, 0.1) is 6.92 Å². The SMILES string of the molecule is Cc1nccc(N2CCN(c3ccc4c(=O)n(CCO)cnc4c3)CC2)n1. The standard InChI is InChI=1S/C19H22N6O2/c1-14-20-5-4-18(22-14)24-8-6-23(7-9-24)15-2-3-16-17(12-15)21-13-25(10-11-26)19(16)27/h2-5,12-13,26H,6-11H2,1H3. The molecule has 0 saturated carbocycles. The number of rotatable bonds is 4. The predicted octanol–water partition coefficient (Wildman–Crippen LogP) is 0.814. The van der Waals surface area contributed by atoms with E-state index in [0.717, 1.165) is 43.5 Å². The first-order chi connectivity index (χ1) is 13.2. The molecule has 140 valence electrons. The van der Waals surface area contributed by atoms with Gasteiger partial charge in [0.15, 0.2) is 0 Å². The normalized spacial score (nSPS) is 14.7. The molecule has 0 spiro atoms. The highest BCUT2D eigenvalue weighted by Gasteiger charge is 2.19. The summed E-state index contributed by atoms with van der Waals surface area (Å²) in [5.41, 5.74) is 1.62. The Balaban J connectivity index is 1.52. The van der Waals surface area contributed by atoms with Gasteiger partial charge in [0.1, 0.15) is 11.6 Å². The molecule has 1 N–H and O–H groups in total. The molecule has 0 aliphatic carbocycles. The van der Waals surface area contributed by atoms with Crippen LogP contribution >= 0.6 is 0 Å². The molecule has 3 aromatic rings. The van der Waals surface area contributed by atoms with Gasteiger partial charge in [0, 0.05) is 38.1 Å². The van der Waals surface area contributed by atoms with Crippen molar-refractivity contribution in [3.05, 3.63) is 53.0 Å². The summed E-state index contributed by atoms with van der Waals surface area (Å²) in [6.07, 6.45) is 3.29. The van der Waals surface area contributed by atoms with Crippen molar-refractivity contribution in [3.8, 4) is 0 Å². The summed E-state index contributed by atoms with van der Waals surface area (Å²) in [5, 5.41) is 9.62. The van der Waals surface area contributed by atoms with Gasteiger partial charge in [0.05, 0.1) is 30.4 Å². The third-order valence-corrected chi connectivity index (χ3v) is 4.88. The van der Waals surface area contributed by atoms with Crippen molar-refractivity contribution in [2.24, 2.45) is 0 Å². The molecule has 2 aromatic heterocycles. The topological polar surface area (TPSA) is 87.4 Å². The molecule has 8 nitrogen and oxygen atoms in total. The van der Waals surface area contributed by atoms with E-state index in [1.54, 1.807) is 6.20 Å². The van der Waals surface area contributed by atoms with Crippen LogP contribution in [-0.2, 0) is 6.54 Å². The first kappa shape index (κ1) is 17.4. The van der Waals surface area contributed by atoms with E-state index in [1.807, 2.05) is 31.2 Å². The van der Waals surface area contributed by atoms with E-state index in [4.69, 9.17) is 5.11 Å². The van der Waals surface area contributed by atoms with Gasteiger partial charge in [0.2, 0.25) is 0 Å². The number of nitrogens with zero attached hydrogens (tertiary/aromatic N) is 6. The minimum absolute atomic E-state index is 0.0820. The van der Waals surface area contributed by atoms with Gasteiger partial charge in [-0.1, -0.05) is 0 Å². The van der Waals surface area contributed by atoms with Crippen molar-refractivity contribution in [1.82, 2.24) is 19.5 Å². The third-order valence-electron chi connectivity index (χ3n) is 4.88. The van der Waals surface area contributed by atoms with Crippen LogP contribution in [0.25, 0.3) is 10.9 Å². The molecule has 1 saturated heterocycles. The Morgan fingerprint density at radius 3 is 2.59 bits per heavy atom. The van der Waals surface area contributed by atoms with Crippen molar-refractivity contribution in [3.63, 3.8) is 0 Å².